The van der Waals surface area contributed by atoms with E-state index in [0.29, 0.717) is 5.15 Å². The molecule has 20 heavy (non-hydrogen) atoms. The van der Waals surface area contributed by atoms with Crippen LogP contribution in [0.1, 0.15) is 31.9 Å². The third kappa shape index (κ3) is 2.73. The Hall–Kier alpha value is -1.74. The van der Waals surface area contributed by atoms with Crippen LogP contribution in [0, 0.1) is 0 Å². The highest BCUT2D eigenvalue weighted by Gasteiger charge is 2.33. The smallest absolute Gasteiger partial charge is 0.131 e. The summed E-state index contributed by atoms with van der Waals surface area (Å²) in [6.45, 7) is 4.22. The normalized spacial score (nSPS) is 19.9. The number of hydrogen-bond acceptors (Lipinski definition) is 3. The second kappa shape index (κ2) is 4.98. The Labute approximate surface area is 123 Å². The van der Waals surface area contributed by atoms with E-state index in [1.165, 1.54) is 5.56 Å². The third-order valence-corrected chi connectivity index (χ3v) is 3.65. The fourth-order valence-corrected chi connectivity index (χ4v) is 2.80. The zero-order chi connectivity index (χ0) is 14.2. The second-order valence-corrected chi connectivity index (χ2v) is 6.06. The topological polar surface area (TPSA) is 34.2 Å². The lowest BCUT2D eigenvalue weighted by Gasteiger charge is -2.38. The van der Waals surface area contributed by atoms with E-state index < -0.39 is 0 Å². The average Bonchev–Trinajstić information content (AvgIpc) is 2.37. The summed E-state index contributed by atoms with van der Waals surface area (Å²) in [5.41, 5.74) is 1.96. The predicted molar refractivity (Wildman–Crippen MR) is 81.4 cm³/mol. The van der Waals surface area contributed by atoms with Gasteiger partial charge in [0.2, 0.25) is 0 Å². The quantitative estimate of drug-likeness (QED) is 0.829. The molecule has 0 fully saturated rings. The van der Waals surface area contributed by atoms with Crippen LogP contribution in [-0.2, 0) is 0 Å². The minimum atomic E-state index is -0.192. The highest BCUT2D eigenvalue weighted by molar-refractivity contribution is 6.29. The van der Waals surface area contributed by atoms with Crippen LogP contribution >= 0.6 is 11.6 Å². The molecule has 1 aromatic carbocycles. The van der Waals surface area contributed by atoms with E-state index in [4.69, 9.17) is 16.3 Å². The molecular weight excluding hydrogens is 272 g/mol. The standard InChI is InChI=1S/C16H17ClN2O/c1-16(2)10-13(12-5-3-4-6-14(12)20-16)19-11-7-8-18-15(17)9-11/h3-9,13H,10H2,1-2H3,(H,18,19). The van der Waals surface area contributed by atoms with Gasteiger partial charge in [0.05, 0.1) is 6.04 Å². The van der Waals surface area contributed by atoms with Crippen molar-refractivity contribution >= 4 is 17.3 Å². The highest BCUT2D eigenvalue weighted by Crippen LogP contribution is 2.40. The first-order valence-electron chi connectivity index (χ1n) is 6.69. The summed E-state index contributed by atoms with van der Waals surface area (Å²) >= 11 is 5.94. The number of halogens is 1. The van der Waals surface area contributed by atoms with Crippen molar-refractivity contribution in [3.05, 3.63) is 53.3 Å². The molecular formula is C16H17ClN2O. The van der Waals surface area contributed by atoms with Gasteiger partial charge in [-0.15, -0.1) is 0 Å². The molecule has 0 aliphatic carbocycles. The summed E-state index contributed by atoms with van der Waals surface area (Å²) in [6.07, 6.45) is 2.60. The van der Waals surface area contributed by atoms with Gasteiger partial charge in [-0.25, -0.2) is 4.98 Å². The third-order valence-electron chi connectivity index (χ3n) is 3.44. The Morgan fingerprint density at radius 3 is 2.90 bits per heavy atom. The van der Waals surface area contributed by atoms with Gasteiger partial charge in [0, 0.05) is 23.9 Å². The number of hydrogen-bond donors (Lipinski definition) is 1. The minimum Gasteiger partial charge on any atom is -0.487 e. The van der Waals surface area contributed by atoms with Crippen LogP contribution in [0.4, 0.5) is 5.69 Å². The van der Waals surface area contributed by atoms with E-state index in [0.717, 1.165) is 17.9 Å². The molecule has 0 amide bonds. The summed E-state index contributed by atoms with van der Waals surface area (Å²) in [7, 11) is 0. The Morgan fingerprint density at radius 2 is 2.10 bits per heavy atom. The Bertz CT molecular complexity index is 627. The largest absolute Gasteiger partial charge is 0.487 e. The van der Waals surface area contributed by atoms with Crippen LogP contribution in [0.5, 0.6) is 5.75 Å². The van der Waals surface area contributed by atoms with Crippen LogP contribution in [0.25, 0.3) is 0 Å². The molecule has 2 heterocycles. The number of rotatable bonds is 2. The molecule has 1 N–H and O–H groups in total. The van der Waals surface area contributed by atoms with Crippen LogP contribution in [0.15, 0.2) is 42.6 Å². The van der Waals surface area contributed by atoms with E-state index in [-0.39, 0.29) is 11.6 Å². The first kappa shape index (κ1) is 13.3. The molecule has 0 saturated carbocycles. The van der Waals surface area contributed by atoms with Gasteiger partial charge < -0.3 is 10.1 Å². The molecule has 3 rings (SSSR count). The Balaban J connectivity index is 1.93. The summed E-state index contributed by atoms with van der Waals surface area (Å²) in [5.74, 6) is 0.946. The van der Waals surface area contributed by atoms with Crippen LogP contribution < -0.4 is 10.1 Å². The van der Waals surface area contributed by atoms with Gasteiger partial charge in [-0.1, -0.05) is 29.8 Å². The van der Waals surface area contributed by atoms with Crippen molar-refractivity contribution in [3.8, 4) is 5.75 Å². The molecule has 1 aliphatic rings. The van der Waals surface area contributed by atoms with Crippen molar-refractivity contribution in [2.75, 3.05) is 5.32 Å². The zero-order valence-electron chi connectivity index (χ0n) is 11.6. The van der Waals surface area contributed by atoms with Gasteiger partial charge in [0.25, 0.3) is 0 Å². The van der Waals surface area contributed by atoms with Crippen LogP contribution in [0.2, 0.25) is 5.15 Å². The molecule has 1 aliphatic heterocycles. The number of anilines is 1. The molecule has 2 aromatic rings. The summed E-state index contributed by atoms with van der Waals surface area (Å²) in [6, 6.07) is 12.1. The van der Waals surface area contributed by atoms with Gasteiger partial charge >= 0.3 is 0 Å². The number of fused-ring (bicyclic) bond motifs is 1. The molecule has 3 nitrogen and oxygen atoms in total. The lowest BCUT2D eigenvalue weighted by Crippen LogP contribution is -2.37. The molecule has 1 unspecified atom stereocenters. The molecule has 0 bridgehead atoms. The number of nitrogens with zero attached hydrogens (tertiary/aromatic N) is 1. The molecule has 1 aromatic heterocycles. The molecule has 4 heteroatoms. The zero-order valence-corrected chi connectivity index (χ0v) is 12.3. The minimum absolute atomic E-state index is 0.192. The molecule has 0 radical (unpaired) electrons. The summed E-state index contributed by atoms with van der Waals surface area (Å²) < 4.78 is 6.03. The fourth-order valence-electron chi connectivity index (χ4n) is 2.62. The number of nitrogens with one attached hydrogen (secondary N) is 1. The van der Waals surface area contributed by atoms with E-state index in [2.05, 4.69) is 30.2 Å². The maximum Gasteiger partial charge on any atom is 0.131 e. The predicted octanol–water partition coefficient (Wildman–Crippen LogP) is 4.45. The van der Waals surface area contributed by atoms with Crippen molar-refractivity contribution in [1.82, 2.24) is 4.98 Å². The van der Waals surface area contributed by atoms with Gasteiger partial charge in [-0.2, -0.15) is 0 Å². The van der Waals surface area contributed by atoms with E-state index in [1.54, 1.807) is 6.20 Å². The van der Waals surface area contributed by atoms with E-state index in [1.807, 2.05) is 30.3 Å². The highest BCUT2D eigenvalue weighted by atomic mass is 35.5. The van der Waals surface area contributed by atoms with Gasteiger partial charge in [-0.3, -0.25) is 0 Å². The molecule has 104 valence electrons. The van der Waals surface area contributed by atoms with Gasteiger partial charge in [0.15, 0.2) is 0 Å². The van der Waals surface area contributed by atoms with Gasteiger partial charge in [-0.05, 0) is 32.0 Å². The second-order valence-electron chi connectivity index (χ2n) is 5.67. The first-order chi connectivity index (χ1) is 9.53. The van der Waals surface area contributed by atoms with Crippen molar-refractivity contribution in [3.63, 3.8) is 0 Å². The van der Waals surface area contributed by atoms with Crippen LogP contribution in [0.3, 0.4) is 0 Å². The van der Waals surface area contributed by atoms with Crippen molar-refractivity contribution in [2.24, 2.45) is 0 Å². The fraction of sp³-hybridized carbons (Fsp3) is 0.312. The first-order valence-corrected chi connectivity index (χ1v) is 7.07. The summed E-state index contributed by atoms with van der Waals surface area (Å²) in [4.78, 5) is 4.01. The van der Waals surface area contributed by atoms with Crippen molar-refractivity contribution < 1.29 is 4.74 Å². The SMILES string of the molecule is CC1(C)CC(Nc2ccnc(Cl)c2)c2ccccc2O1. The maximum atomic E-state index is 6.03. The van der Waals surface area contributed by atoms with Gasteiger partial charge in [0.1, 0.15) is 16.5 Å². The molecule has 1 atom stereocenters. The Kier molecular flexibility index (Phi) is 3.30. The number of aromatic nitrogens is 1. The number of para-hydroxylation sites is 1. The lowest BCUT2D eigenvalue weighted by atomic mass is 9.89. The number of pyridine rings is 1. The molecule has 0 saturated heterocycles. The van der Waals surface area contributed by atoms with E-state index in [9.17, 15) is 0 Å². The van der Waals surface area contributed by atoms with Crippen molar-refractivity contribution in [2.45, 2.75) is 31.9 Å². The summed E-state index contributed by atoms with van der Waals surface area (Å²) in [5, 5.41) is 4.02. The Morgan fingerprint density at radius 1 is 1.30 bits per heavy atom. The lowest BCUT2D eigenvalue weighted by molar-refractivity contribution is 0.0759. The number of benzene rings is 1. The number of ether oxygens (including phenoxy) is 1. The van der Waals surface area contributed by atoms with Crippen molar-refractivity contribution in [1.29, 1.82) is 0 Å². The monoisotopic (exact) mass is 288 g/mol. The molecule has 0 spiro atoms. The van der Waals surface area contributed by atoms with E-state index >= 15 is 0 Å². The van der Waals surface area contributed by atoms with Crippen LogP contribution in [-0.4, -0.2) is 10.6 Å². The maximum absolute atomic E-state index is 6.03. The average molecular weight is 289 g/mol.